The summed E-state index contributed by atoms with van der Waals surface area (Å²) in [5.41, 5.74) is 1.74. The van der Waals surface area contributed by atoms with Crippen LogP contribution in [0.1, 0.15) is 37.3 Å². The maximum atomic E-state index is 13.2. The molecule has 0 aromatic heterocycles. The Kier molecular flexibility index (Phi) is 8.81. The predicted molar refractivity (Wildman–Crippen MR) is 146 cm³/mol. The quantitative estimate of drug-likeness (QED) is 0.459. The standard InChI is InChI=1S/C30H38N2O6/c1-5-38-24-9-7-6-8-22(24)11-13-26(33)31-17-14-30(15-18-31)16-19-32(21-30)27(34)20-23-10-12-25(35-2)29(37-4)28(23)36-3/h6-13H,5,14-21H2,1-4H3. The number of benzene rings is 2. The first-order valence-electron chi connectivity index (χ1n) is 13.2. The molecule has 2 amide bonds. The van der Waals surface area contributed by atoms with E-state index in [1.54, 1.807) is 33.5 Å². The number of hydrogen-bond donors (Lipinski definition) is 0. The van der Waals surface area contributed by atoms with E-state index in [1.807, 2.05) is 53.1 Å². The normalized spacial score (nSPS) is 16.6. The molecule has 1 spiro atoms. The number of rotatable bonds is 9. The number of likely N-dealkylation sites (tertiary alicyclic amines) is 2. The third-order valence-electron chi connectivity index (χ3n) is 7.68. The number of ether oxygens (including phenoxy) is 4. The molecule has 38 heavy (non-hydrogen) atoms. The van der Waals surface area contributed by atoms with Crippen molar-refractivity contribution in [3.63, 3.8) is 0 Å². The summed E-state index contributed by atoms with van der Waals surface area (Å²) in [6, 6.07) is 11.4. The molecule has 0 radical (unpaired) electrons. The van der Waals surface area contributed by atoms with Gasteiger partial charge in [0.2, 0.25) is 17.6 Å². The fraction of sp³-hybridized carbons (Fsp3) is 0.467. The number of para-hydroxylation sites is 1. The Bertz CT molecular complexity index is 1170. The Balaban J connectivity index is 1.33. The maximum Gasteiger partial charge on any atom is 0.246 e. The lowest BCUT2D eigenvalue weighted by Gasteiger charge is -2.39. The van der Waals surface area contributed by atoms with E-state index in [-0.39, 0.29) is 23.7 Å². The Labute approximate surface area is 225 Å². The number of piperidine rings is 1. The molecule has 0 saturated carbocycles. The summed E-state index contributed by atoms with van der Waals surface area (Å²) in [5.74, 6) is 2.44. The van der Waals surface area contributed by atoms with Gasteiger partial charge in [-0.15, -0.1) is 0 Å². The summed E-state index contributed by atoms with van der Waals surface area (Å²) in [7, 11) is 4.70. The fourth-order valence-electron chi connectivity index (χ4n) is 5.51. The van der Waals surface area contributed by atoms with E-state index in [4.69, 9.17) is 18.9 Å². The van der Waals surface area contributed by atoms with Crippen LogP contribution >= 0.6 is 0 Å². The molecule has 0 aliphatic carbocycles. The lowest BCUT2D eigenvalue weighted by molar-refractivity contribution is -0.131. The van der Waals surface area contributed by atoms with Crippen molar-refractivity contribution in [2.24, 2.45) is 5.41 Å². The fourth-order valence-corrected chi connectivity index (χ4v) is 5.51. The van der Waals surface area contributed by atoms with Gasteiger partial charge in [-0.05, 0) is 49.8 Å². The first-order valence-corrected chi connectivity index (χ1v) is 13.2. The molecule has 8 heteroatoms. The van der Waals surface area contributed by atoms with Crippen LogP contribution in [0.2, 0.25) is 0 Å². The Morgan fingerprint density at radius 3 is 2.21 bits per heavy atom. The monoisotopic (exact) mass is 522 g/mol. The predicted octanol–water partition coefficient (Wildman–Crippen LogP) is 4.21. The highest BCUT2D eigenvalue weighted by molar-refractivity contribution is 5.92. The van der Waals surface area contributed by atoms with Gasteiger partial charge in [-0.3, -0.25) is 9.59 Å². The van der Waals surface area contributed by atoms with Crippen LogP contribution in [-0.4, -0.2) is 75.7 Å². The van der Waals surface area contributed by atoms with Crippen LogP contribution in [-0.2, 0) is 16.0 Å². The van der Waals surface area contributed by atoms with E-state index in [9.17, 15) is 9.59 Å². The lowest BCUT2D eigenvalue weighted by atomic mass is 9.78. The first kappa shape index (κ1) is 27.4. The number of methoxy groups -OCH3 is 3. The summed E-state index contributed by atoms with van der Waals surface area (Å²) >= 11 is 0. The van der Waals surface area contributed by atoms with E-state index in [1.165, 1.54) is 0 Å². The lowest BCUT2D eigenvalue weighted by Crippen LogP contribution is -2.44. The van der Waals surface area contributed by atoms with Crippen LogP contribution < -0.4 is 18.9 Å². The van der Waals surface area contributed by atoms with Crippen molar-refractivity contribution in [3.8, 4) is 23.0 Å². The van der Waals surface area contributed by atoms with Crippen LogP contribution in [0.3, 0.4) is 0 Å². The van der Waals surface area contributed by atoms with Gasteiger partial charge in [-0.1, -0.05) is 24.3 Å². The average Bonchev–Trinajstić information content (AvgIpc) is 3.36. The van der Waals surface area contributed by atoms with Gasteiger partial charge >= 0.3 is 0 Å². The molecular formula is C30H38N2O6. The highest BCUT2D eigenvalue weighted by Crippen LogP contribution is 2.42. The van der Waals surface area contributed by atoms with E-state index in [0.29, 0.717) is 36.9 Å². The van der Waals surface area contributed by atoms with Gasteiger partial charge in [-0.2, -0.15) is 0 Å². The number of amides is 2. The van der Waals surface area contributed by atoms with Crippen LogP contribution in [0.5, 0.6) is 23.0 Å². The van der Waals surface area contributed by atoms with Crippen molar-refractivity contribution in [3.05, 3.63) is 53.6 Å². The zero-order valence-corrected chi connectivity index (χ0v) is 22.8. The molecule has 2 aromatic rings. The van der Waals surface area contributed by atoms with Crippen molar-refractivity contribution in [1.29, 1.82) is 0 Å². The molecule has 8 nitrogen and oxygen atoms in total. The van der Waals surface area contributed by atoms with Gasteiger partial charge in [-0.25, -0.2) is 0 Å². The molecule has 0 atom stereocenters. The van der Waals surface area contributed by atoms with Gasteiger partial charge in [0, 0.05) is 43.4 Å². The van der Waals surface area contributed by atoms with Crippen molar-refractivity contribution < 1.29 is 28.5 Å². The largest absolute Gasteiger partial charge is 0.493 e. The smallest absolute Gasteiger partial charge is 0.246 e. The molecule has 2 fully saturated rings. The van der Waals surface area contributed by atoms with Gasteiger partial charge < -0.3 is 28.7 Å². The highest BCUT2D eigenvalue weighted by Gasteiger charge is 2.42. The van der Waals surface area contributed by atoms with Crippen molar-refractivity contribution in [2.45, 2.75) is 32.6 Å². The first-order chi connectivity index (χ1) is 18.4. The minimum atomic E-state index is 0.0117. The van der Waals surface area contributed by atoms with Crippen LogP contribution in [0, 0.1) is 5.41 Å². The van der Waals surface area contributed by atoms with Crippen molar-refractivity contribution in [2.75, 3.05) is 54.1 Å². The molecule has 204 valence electrons. The minimum Gasteiger partial charge on any atom is -0.493 e. The van der Waals surface area contributed by atoms with E-state index >= 15 is 0 Å². The van der Waals surface area contributed by atoms with Crippen LogP contribution in [0.25, 0.3) is 6.08 Å². The van der Waals surface area contributed by atoms with Gasteiger partial charge in [0.25, 0.3) is 0 Å². The summed E-state index contributed by atoms with van der Waals surface area (Å²) in [6.45, 7) is 5.37. The second-order valence-electron chi connectivity index (χ2n) is 9.86. The van der Waals surface area contributed by atoms with E-state index in [0.717, 1.165) is 49.2 Å². The number of nitrogens with zero attached hydrogens (tertiary/aromatic N) is 2. The molecule has 2 heterocycles. The Morgan fingerprint density at radius 1 is 0.868 bits per heavy atom. The topological polar surface area (TPSA) is 77.5 Å². The summed E-state index contributed by atoms with van der Waals surface area (Å²) in [5, 5.41) is 0. The van der Waals surface area contributed by atoms with Crippen molar-refractivity contribution >= 4 is 17.9 Å². The highest BCUT2D eigenvalue weighted by atomic mass is 16.5. The minimum absolute atomic E-state index is 0.0117. The second kappa shape index (κ2) is 12.2. The molecule has 2 aromatic carbocycles. The van der Waals surface area contributed by atoms with Gasteiger partial charge in [0.1, 0.15) is 5.75 Å². The molecule has 4 rings (SSSR count). The summed E-state index contributed by atoms with van der Waals surface area (Å²) < 4.78 is 22.0. The van der Waals surface area contributed by atoms with E-state index < -0.39 is 0 Å². The average molecular weight is 523 g/mol. The number of carbonyl (C=O) groups is 2. The maximum absolute atomic E-state index is 13.2. The molecule has 0 unspecified atom stereocenters. The van der Waals surface area contributed by atoms with Gasteiger partial charge in [0.15, 0.2) is 11.5 Å². The second-order valence-corrected chi connectivity index (χ2v) is 9.86. The third kappa shape index (κ3) is 5.90. The Morgan fingerprint density at radius 2 is 1.55 bits per heavy atom. The third-order valence-corrected chi connectivity index (χ3v) is 7.68. The van der Waals surface area contributed by atoms with E-state index in [2.05, 4.69) is 0 Å². The van der Waals surface area contributed by atoms with Gasteiger partial charge in [0.05, 0.1) is 34.4 Å². The summed E-state index contributed by atoms with van der Waals surface area (Å²) in [4.78, 5) is 30.0. The number of carbonyl (C=O) groups excluding carboxylic acids is 2. The molecule has 2 saturated heterocycles. The van der Waals surface area contributed by atoms with Crippen LogP contribution in [0.4, 0.5) is 0 Å². The molecule has 0 bridgehead atoms. The molecule has 2 aliphatic rings. The Hall–Kier alpha value is -3.68. The van der Waals surface area contributed by atoms with Crippen LogP contribution in [0.15, 0.2) is 42.5 Å². The molecule has 2 aliphatic heterocycles. The zero-order valence-electron chi connectivity index (χ0n) is 22.8. The molecular weight excluding hydrogens is 484 g/mol. The SMILES string of the molecule is CCOc1ccccc1C=CC(=O)N1CCC2(CC1)CCN(C(=O)Cc1ccc(OC)c(OC)c1OC)C2. The summed E-state index contributed by atoms with van der Waals surface area (Å²) in [6.07, 6.45) is 6.45. The van der Waals surface area contributed by atoms with Crippen molar-refractivity contribution in [1.82, 2.24) is 9.80 Å². The molecule has 0 N–H and O–H groups in total. The zero-order chi connectivity index (χ0) is 27.1. The number of hydrogen-bond acceptors (Lipinski definition) is 6.